The molecule has 2 amide bonds. The fourth-order valence-electron chi connectivity index (χ4n) is 4.51. The normalized spacial score (nSPS) is 14.4. The molecule has 0 unspecified atom stereocenters. The molecule has 1 aliphatic carbocycles. The first-order chi connectivity index (χ1) is 18.9. The molecular formula is C25H18ClFN8O4. The molecular weight excluding hydrogens is 531 g/mol. The van der Waals surface area contributed by atoms with Gasteiger partial charge in [0.05, 0.1) is 11.1 Å². The third kappa shape index (κ3) is 4.75. The molecule has 1 aliphatic rings. The topological polar surface area (TPSA) is 160 Å². The number of aromatic amines is 1. The highest BCUT2D eigenvalue weighted by Crippen LogP contribution is 2.33. The number of benzene rings is 2. The van der Waals surface area contributed by atoms with Crippen LogP contribution in [0.2, 0.25) is 5.02 Å². The van der Waals surface area contributed by atoms with Gasteiger partial charge in [-0.25, -0.2) is 14.2 Å². The molecule has 5 aromatic rings. The molecule has 0 radical (unpaired) electrons. The van der Waals surface area contributed by atoms with Crippen LogP contribution in [0.5, 0.6) is 0 Å². The van der Waals surface area contributed by atoms with E-state index in [1.807, 2.05) is 12.1 Å². The Bertz CT molecular complexity index is 1810. The lowest BCUT2D eigenvalue weighted by Gasteiger charge is -2.15. The minimum Gasteiger partial charge on any atom is -0.347 e. The number of nitrogens with zero attached hydrogens (tertiary/aromatic N) is 5. The van der Waals surface area contributed by atoms with Crippen molar-refractivity contribution >= 4 is 29.2 Å². The van der Waals surface area contributed by atoms with E-state index in [4.69, 9.17) is 11.6 Å². The van der Waals surface area contributed by atoms with Crippen LogP contribution in [0, 0.1) is 5.82 Å². The maximum Gasteiger partial charge on any atom is 0.439 e. The number of fused-ring (bicyclic) bond motifs is 2. The highest BCUT2D eigenvalue weighted by Gasteiger charge is 2.27. The van der Waals surface area contributed by atoms with E-state index in [2.05, 4.69) is 40.4 Å². The number of aromatic nitrogens is 6. The molecule has 0 bridgehead atoms. The van der Waals surface area contributed by atoms with Crippen molar-refractivity contribution in [2.45, 2.75) is 25.4 Å². The highest BCUT2D eigenvalue weighted by atomic mass is 35.5. The van der Waals surface area contributed by atoms with E-state index in [0.29, 0.717) is 29.8 Å². The van der Waals surface area contributed by atoms with Gasteiger partial charge in [0.15, 0.2) is 5.82 Å². The summed E-state index contributed by atoms with van der Waals surface area (Å²) in [6.07, 6.45) is 2.59. The number of rotatable bonds is 6. The molecule has 1 atom stereocenters. The van der Waals surface area contributed by atoms with E-state index >= 15 is 0 Å². The number of carbonyl (C=O) groups is 2. The van der Waals surface area contributed by atoms with Gasteiger partial charge in [-0.3, -0.25) is 19.1 Å². The third-order valence-corrected chi connectivity index (χ3v) is 6.68. The number of aryl methyl sites for hydroxylation is 1. The highest BCUT2D eigenvalue weighted by molar-refractivity contribution is 6.30. The summed E-state index contributed by atoms with van der Waals surface area (Å²) in [5.74, 6) is -1.81. The lowest BCUT2D eigenvalue weighted by Crippen LogP contribution is -2.30. The first-order valence-electron chi connectivity index (χ1n) is 11.8. The van der Waals surface area contributed by atoms with E-state index in [1.165, 1.54) is 35.1 Å². The quantitative estimate of drug-likeness (QED) is 0.292. The Morgan fingerprint density at radius 1 is 1.18 bits per heavy atom. The van der Waals surface area contributed by atoms with Gasteiger partial charge in [-0.1, -0.05) is 35.0 Å². The number of hydrogen-bond donors (Lipinski definition) is 3. The summed E-state index contributed by atoms with van der Waals surface area (Å²) >= 11 is 5.81. The summed E-state index contributed by atoms with van der Waals surface area (Å²) < 4.78 is 19.3. The van der Waals surface area contributed by atoms with Crippen molar-refractivity contribution < 1.29 is 18.5 Å². The number of nitrogens with one attached hydrogen (secondary N) is 3. The first-order valence-corrected chi connectivity index (χ1v) is 12.2. The standard InChI is InChI=1S/C25H18ClFN8O4/c26-16-7-12(1-5-17(16)27)10-28-22(36)19-9-20(35-24(32-19)29-11-30-35)23(37)31-18-6-3-13-8-14(2-4-15(13)18)21-33-25(38)39-34-21/h1-2,4-5,7-9,11,18H,3,6,10H2,(H,28,36)(H,31,37)(H,33,34,38)/t18-/m0/s1. The van der Waals surface area contributed by atoms with Crippen LogP contribution in [0.3, 0.4) is 0 Å². The van der Waals surface area contributed by atoms with Crippen LogP contribution in [0.25, 0.3) is 17.2 Å². The zero-order valence-electron chi connectivity index (χ0n) is 19.9. The lowest BCUT2D eigenvalue weighted by molar-refractivity contribution is 0.0929. The molecule has 0 aliphatic heterocycles. The van der Waals surface area contributed by atoms with Gasteiger partial charge in [-0.2, -0.15) is 14.6 Å². The zero-order chi connectivity index (χ0) is 27.1. The number of H-pyrrole nitrogens is 1. The molecule has 0 saturated heterocycles. The second-order valence-electron chi connectivity index (χ2n) is 8.85. The van der Waals surface area contributed by atoms with Gasteiger partial charge < -0.3 is 10.6 Å². The van der Waals surface area contributed by atoms with E-state index < -0.39 is 23.4 Å². The van der Waals surface area contributed by atoms with Crippen LogP contribution in [0.4, 0.5) is 4.39 Å². The van der Waals surface area contributed by atoms with E-state index in [9.17, 15) is 18.8 Å². The van der Waals surface area contributed by atoms with Crippen molar-refractivity contribution in [2.75, 3.05) is 0 Å². The Kier molecular flexibility index (Phi) is 6.11. The van der Waals surface area contributed by atoms with Gasteiger partial charge in [0.25, 0.3) is 17.6 Å². The molecule has 6 rings (SSSR count). The van der Waals surface area contributed by atoms with Crippen molar-refractivity contribution in [1.82, 2.24) is 40.4 Å². The van der Waals surface area contributed by atoms with Crippen LogP contribution in [-0.4, -0.2) is 41.5 Å². The monoisotopic (exact) mass is 548 g/mol. The number of carbonyl (C=O) groups excluding carboxylic acids is 2. The minimum absolute atomic E-state index is 0.0353. The maximum atomic E-state index is 13.4. The van der Waals surface area contributed by atoms with E-state index in [0.717, 1.165) is 11.1 Å². The average molecular weight is 549 g/mol. The minimum atomic E-state index is -0.639. The molecule has 12 nitrogen and oxygen atoms in total. The Labute approximate surface area is 223 Å². The number of halogens is 2. The second-order valence-corrected chi connectivity index (χ2v) is 9.26. The van der Waals surface area contributed by atoms with Crippen molar-refractivity contribution in [3.05, 3.63) is 98.3 Å². The Balaban J connectivity index is 1.21. The fraction of sp³-hybridized carbons (Fsp3) is 0.160. The summed E-state index contributed by atoms with van der Waals surface area (Å²) in [5.41, 5.74) is 3.27. The van der Waals surface area contributed by atoms with Gasteiger partial charge in [0.1, 0.15) is 23.5 Å². The molecule has 3 aromatic heterocycles. The van der Waals surface area contributed by atoms with Gasteiger partial charge in [-0.05, 0) is 47.7 Å². The SMILES string of the molecule is O=C(NCc1ccc(F)c(Cl)c1)c1cc(C(=O)N[C@H]2CCc3cc(-c4noc(=O)[nH]4)ccc32)n2ncnc2n1. The molecule has 0 spiro atoms. The van der Waals surface area contributed by atoms with Gasteiger partial charge in [-0.15, -0.1) is 0 Å². The lowest BCUT2D eigenvalue weighted by atomic mass is 10.0. The predicted octanol–water partition coefficient (Wildman–Crippen LogP) is 2.61. The van der Waals surface area contributed by atoms with Crippen LogP contribution in [0.1, 0.15) is 50.1 Å². The Morgan fingerprint density at radius 3 is 2.85 bits per heavy atom. The Hall–Kier alpha value is -4.91. The summed E-state index contributed by atoms with van der Waals surface area (Å²) in [7, 11) is 0. The van der Waals surface area contributed by atoms with Crippen LogP contribution in [-0.2, 0) is 13.0 Å². The summed E-state index contributed by atoms with van der Waals surface area (Å²) in [4.78, 5) is 48.3. The summed E-state index contributed by atoms with van der Waals surface area (Å²) in [6.45, 7) is 0.0724. The zero-order valence-corrected chi connectivity index (χ0v) is 20.7. The van der Waals surface area contributed by atoms with Crippen LogP contribution < -0.4 is 16.4 Å². The van der Waals surface area contributed by atoms with Gasteiger partial charge >= 0.3 is 5.76 Å². The maximum absolute atomic E-state index is 13.4. The Morgan fingerprint density at radius 2 is 2.05 bits per heavy atom. The molecule has 39 heavy (non-hydrogen) atoms. The third-order valence-electron chi connectivity index (χ3n) is 6.39. The second kappa shape index (κ2) is 9.76. The first kappa shape index (κ1) is 24.4. The molecule has 3 heterocycles. The van der Waals surface area contributed by atoms with E-state index in [-0.39, 0.29) is 34.8 Å². The summed E-state index contributed by atoms with van der Waals surface area (Å²) in [5, 5.41) is 13.4. The van der Waals surface area contributed by atoms with Crippen molar-refractivity contribution in [3.8, 4) is 11.4 Å². The largest absolute Gasteiger partial charge is 0.439 e. The molecule has 0 fully saturated rings. The molecule has 196 valence electrons. The van der Waals surface area contributed by atoms with E-state index in [1.54, 1.807) is 6.07 Å². The number of amides is 2. The van der Waals surface area contributed by atoms with Crippen molar-refractivity contribution in [2.24, 2.45) is 0 Å². The van der Waals surface area contributed by atoms with Crippen molar-refractivity contribution in [1.29, 1.82) is 0 Å². The smallest absolute Gasteiger partial charge is 0.347 e. The molecule has 14 heteroatoms. The van der Waals surface area contributed by atoms with Gasteiger partial charge in [0, 0.05) is 18.2 Å². The molecule has 3 N–H and O–H groups in total. The molecule has 2 aromatic carbocycles. The van der Waals surface area contributed by atoms with Crippen LogP contribution in [0.15, 0.2) is 58.1 Å². The fourth-order valence-corrected chi connectivity index (χ4v) is 4.72. The summed E-state index contributed by atoms with van der Waals surface area (Å²) in [6, 6.07) is 10.7. The predicted molar refractivity (Wildman–Crippen MR) is 134 cm³/mol. The van der Waals surface area contributed by atoms with Crippen molar-refractivity contribution in [3.63, 3.8) is 0 Å². The van der Waals surface area contributed by atoms with Gasteiger partial charge in [0.2, 0.25) is 0 Å². The van der Waals surface area contributed by atoms with Crippen LogP contribution >= 0.6 is 11.6 Å². The molecule has 0 saturated carbocycles. The average Bonchev–Trinajstić information content (AvgIpc) is 3.68. The number of hydrogen-bond acceptors (Lipinski definition) is 8.